The standard InChI is InChI=1S/C23H29N3O4/c1-18(27)26-13-10-23(11-14-26,20-8-4-3-5-9-20)22(28)25-17-19-7-6-12-24-21(19)30-16-15-29-2/h3-9,12H,10-11,13-17H2,1-2H3,(H,25,28). The highest BCUT2D eigenvalue weighted by atomic mass is 16.5. The Morgan fingerprint density at radius 3 is 2.50 bits per heavy atom. The van der Waals surface area contributed by atoms with E-state index in [9.17, 15) is 9.59 Å². The van der Waals surface area contributed by atoms with Crippen molar-refractivity contribution in [2.45, 2.75) is 31.7 Å². The van der Waals surface area contributed by atoms with Gasteiger partial charge in [0.25, 0.3) is 0 Å². The maximum absolute atomic E-state index is 13.4. The molecule has 0 spiro atoms. The number of carbonyl (C=O) groups is 2. The Morgan fingerprint density at radius 1 is 1.10 bits per heavy atom. The Hall–Kier alpha value is -2.93. The fourth-order valence-corrected chi connectivity index (χ4v) is 3.86. The Bertz CT molecular complexity index is 849. The number of rotatable bonds is 8. The maximum Gasteiger partial charge on any atom is 0.231 e. The second kappa shape index (κ2) is 10.2. The predicted molar refractivity (Wildman–Crippen MR) is 113 cm³/mol. The summed E-state index contributed by atoms with van der Waals surface area (Å²) in [4.78, 5) is 31.3. The van der Waals surface area contributed by atoms with E-state index in [4.69, 9.17) is 9.47 Å². The quantitative estimate of drug-likeness (QED) is 0.674. The zero-order valence-corrected chi connectivity index (χ0v) is 17.6. The number of pyridine rings is 1. The molecule has 3 rings (SSSR count). The smallest absolute Gasteiger partial charge is 0.231 e. The minimum absolute atomic E-state index is 0.0383. The topological polar surface area (TPSA) is 80.8 Å². The summed E-state index contributed by atoms with van der Waals surface area (Å²) >= 11 is 0. The average Bonchev–Trinajstić information content (AvgIpc) is 2.79. The fraction of sp³-hybridized carbons (Fsp3) is 0.435. The molecule has 30 heavy (non-hydrogen) atoms. The van der Waals surface area contributed by atoms with Crippen molar-refractivity contribution in [3.8, 4) is 5.88 Å². The molecular weight excluding hydrogens is 382 g/mol. The molecule has 2 aromatic rings. The van der Waals surface area contributed by atoms with Crippen LogP contribution in [0.5, 0.6) is 5.88 Å². The normalized spacial score (nSPS) is 15.5. The van der Waals surface area contributed by atoms with Gasteiger partial charge in [-0.15, -0.1) is 0 Å². The Labute approximate surface area is 177 Å². The summed E-state index contributed by atoms with van der Waals surface area (Å²) in [6.45, 7) is 3.88. The summed E-state index contributed by atoms with van der Waals surface area (Å²) in [5, 5.41) is 3.09. The van der Waals surface area contributed by atoms with Gasteiger partial charge in [-0.1, -0.05) is 36.4 Å². The number of piperidine rings is 1. The summed E-state index contributed by atoms with van der Waals surface area (Å²) in [6.07, 6.45) is 2.84. The Morgan fingerprint density at radius 2 is 1.83 bits per heavy atom. The van der Waals surface area contributed by atoms with E-state index in [-0.39, 0.29) is 11.8 Å². The molecule has 0 saturated carbocycles. The number of aromatic nitrogens is 1. The van der Waals surface area contributed by atoms with Gasteiger partial charge in [-0.2, -0.15) is 0 Å². The van der Waals surface area contributed by atoms with E-state index in [1.165, 1.54) is 0 Å². The van der Waals surface area contributed by atoms with Gasteiger partial charge in [0, 0.05) is 45.4 Å². The molecule has 1 aromatic carbocycles. The lowest BCUT2D eigenvalue weighted by Crippen LogP contribution is -2.52. The second-order valence-electron chi connectivity index (χ2n) is 7.45. The Balaban J connectivity index is 1.75. The third kappa shape index (κ3) is 4.97. The molecule has 1 saturated heterocycles. The first-order valence-corrected chi connectivity index (χ1v) is 10.2. The second-order valence-corrected chi connectivity index (χ2v) is 7.45. The first-order chi connectivity index (χ1) is 14.6. The van der Waals surface area contributed by atoms with Crippen LogP contribution in [-0.4, -0.2) is 55.1 Å². The molecule has 2 amide bonds. The van der Waals surface area contributed by atoms with Crippen LogP contribution in [0.15, 0.2) is 48.7 Å². The van der Waals surface area contributed by atoms with Crippen molar-refractivity contribution < 1.29 is 19.1 Å². The number of carbonyl (C=O) groups excluding carboxylic acids is 2. The highest BCUT2D eigenvalue weighted by molar-refractivity contribution is 5.88. The zero-order chi connectivity index (χ0) is 21.4. The SMILES string of the molecule is COCCOc1ncccc1CNC(=O)C1(c2ccccc2)CCN(C(C)=O)CC1. The molecule has 0 atom stereocenters. The number of hydrogen-bond acceptors (Lipinski definition) is 5. The van der Waals surface area contributed by atoms with E-state index in [0.717, 1.165) is 11.1 Å². The highest BCUT2D eigenvalue weighted by Gasteiger charge is 2.43. The summed E-state index contributed by atoms with van der Waals surface area (Å²) < 4.78 is 10.7. The first kappa shape index (κ1) is 21.8. The molecule has 7 heteroatoms. The van der Waals surface area contributed by atoms with Crippen molar-refractivity contribution in [2.24, 2.45) is 0 Å². The van der Waals surface area contributed by atoms with Crippen LogP contribution in [0, 0.1) is 0 Å². The van der Waals surface area contributed by atoms with Crippen LogP contribution in [0.25, 0.3) is 0 Å². The van der Waals surface area contributed by atoms with Gasteiger partial charge >= 0.3 is 0 Å². The van der Waals surface area contributed by atoms with Crippen molar-refractivity contribution >= 4 is 11.8 Å². The van der Waals surface area contributed by atoms with Crippen LogP contribution in [0.4, 0.5) is 0 Å². The highest BCUT2D eigenvalue weighted by Crippen LogP contribution is 2.36. The number of amides is 2. The maximum atomic E-state index is 13.4. The molecule has 2 heterocycles. The number of hydrogen-bond donors (Lipinski definition) is 1. The molecule has 0 radical (unpaired) electrons. The summed E-state index contributed by atoms with van der Waals surface area (Å²) in [7, 11) is 1.61. The summed E-state index contributed by atoms with van der Waals surface area (Å²) in [6, 6.07) is 13.5. The van der Waals surface area contributed by atoms with Gasteiger partial charge in [-0.05, 0) is 24.5 Å². The van der Waals surface area contributed by atoms with Crippen LogP contribution in [0.3, 0.4) is 0 Å². The molecule has 0 bridgehead atoms. The van der Waals surface area contributed by atoms with E-state index in [1.54, 1.807) is 25.1 Å². The van der Waals surface area contributed by atoms with E-state index < -0.39 is 5.41 Å². The van der Waals surface area contributed by atoms with Gasteiger partial charge in [0.05, 0.1) is 12.0 Å². The Kier molecular flexibility index (Phi) is 7.41. The molecular formula is C23H29N3O4. The van der Waals surface area contributed by atoms with E-state index >= 15 is 0 Å². The van der Waals surface area contributed by atoms with Crippen LogP contribution >= 0.6 is 0 Å². The summed E-state index contributed by atoms with van der Waals surface area (Å²) in [5.74, 6) is 0.504. The molecule has 0 aliphatic carbocycles. The van der Waals surface area contributed by atoms with Crippen molar-refractivity contribution in [2.75, 3.05) is 33.4 Å². The van der Waals surface area contributed by atoms with E-state index in [2.05, 4.69) is 10.3 Å². The lowest BCUT2D eigenvalue weighted by atomic mass is 9.72. The van der Waals surface area contributed by atoms with Gasteiger partial charge in [0.1, 0.15) is 6.61 Å². The molecule has 160 valence electrons. The number of benzene rings is 1. The average molecular weight is 412 g/mol. The molecule has 1 aliphatic heterocycles. The molecule has 0 unspecified atom stereocenters. The molecule has 1 aliphatic rings. The van der Waals surface area contributed by atoms with Crippen molar-refractivity contribution in [3.63, 3.8) is 0 Å². The van der Waals surface area contributed by atoms with Gasteiger partial charge < -0.3 is 19.7 Å². The van der Waals surface area contributed by atoms with Crippen LogP contribution in [0.2, 0.25) is 0 Å². The van der Waals surface area contributed by atoms with Gasteiger partial charge in [0.2, 0.25) is 17.7 Å². The van der Waals surface area contributed by atoms with Crippen molar-refractivity contribution in [1.29, 1.82) is 0 Å². The minimum Gasteiger partial charge on any atom is -0.475 e. The number of methoxy groups -OCH3 is 1. The number of nitrogens with zero attached hydrogens (tertiary/aromatic N) is 2. The largest absolute Gasteiger partial charge is 0.475 e. The summed E-state index contributed by atoms with van der Waals surface area (Å²) in [5.41, 5.74) is 1.13. The molecule has 1 fully saturated rings. The number of ether oxygens (including phenoxy) is 2. The lowest BCUT2D eigenvalue weighted by Gasteiger charge is -2.40. The fourth-order valence-electron chi connectivity index (χ4n) is 3.86. The van der Waals surface area contributed by atoms with Crippen molar-refractivity contribution in [3.05, 3.63) is 59.8 Å². The van der Waals surface area contributed by atoms with Crippen LogP contribution < -0.4 is 10.1 Å². The van der Waals surface area contributed by atoms with Gasteiger partial charge in [-0.3, -0.25) is 9.59 Å². The lowest BCUT2D eigenvalue weighted by molar-refractivity contribution is -0.135. The van der Waals surface area contributed by atoms with Gasteiger partial charge in [0.15, 0.2) is 0 Å². The van der Waals surface area contributed by atoms with E-state index in [0.29, 0.717) is 51.6 Å². The minimum atomic E-state index is -0.660. The molecule has 1 aromatic heterocycles. The van der Waals surface area contributed by atoms with Crippen LogP contribution in [0.1, 0.15) is 30.9 Å². The predicted octanol–water partition coefficient (Wildman–Crippen LogP) is 2.30. The van der Waals surface area contributed by atoms with Gasteiger partial charge in [-0.25, -0.2) is 4.98 Å². The van der Waals surface area contributed by atoms with Crippen LogP contribution in [-0.2, 0) is 26.3 Å². The molecule has 7 nitrogen and oxygen atoms in total. The van der Waals surface area contributed by atoms with E-state index in [1.807, 2.05) is 42.5 Å². The number of likely N-dealkylation sites (tertiary alicyclic amines) is 1. The third-order valence-corrected chi connectivity index (χ3v) is 5.64. The van der Waals surface area contributed by atoms with Crippen molar-refractivity contribution in [1.82, 2.24) is 15.2 Å². The first-order valence-electron chi connectivity index (χ1n) is 10.2. The number of nitrogens with one attached hydrogen (secondary N) is 1. The third-order valence-electron chi connectivity index (χ3n) is 5.64. The zero-order valence-electron chi connectivity index (χ0n) is 17.6. The molecule has 1 N–H and O–H groups in total. The monoisotopic (exact) mass is 411 g/mol.